The number of nitrogen functional groups attached to an aromatic ring is 1. The van der Waals surface area contributed by atoms with Crippen LogP contribution in [0.4, 0.5) is 5.69 Å². The molecule has 1 aromatic heterocycles. The van der Waals surface area contributed by atoms with Crippen LogP contribution in [-0.4, -0.2) is 4.98 Å². The number of rotatable bonds is 3. The van der Waals surface area contributed by atoms with Crippen LogP contribution in [0, 0.1) is 20.8 Å². The lowest BCUT2D eigenvalue weighted by molar-refractivity contribution is 0.489. The Labute approximate surface area is 105 Å². The fourth-order valence-electron chi connectivity index (χ4n) is 1.57. The lowest BCUT2D eigenvalue weighted by Gasteiger charge is -2.04. The predicted octanol–water partition coefficient (Wildman–Crippen LogP) is 3.47. The van der Waals surface area contributed by atoms with Gasteiger partial charge >= 0.3 is 0 Å². The van der Waals surface area contributed by atoms with E-state index >= 15 is 0 Å². The van der Waals surface area contributed by atoms with Gasteiger partial charge in [0, 0.05) is 10.6 Å². The van der Waals surface area contributed by atoms with Crippen LogP contribution in [0.3, 0.4) is 0 Å². The van der Waals surface area contributed by atoms with Crippen molar-refractivity contribution in [2.75, 3.05) is 5.73 Å². The number of nitrogens with two attached hydrogens (primary N) is 1. The lowest BCUT2D eigenvalue weighted by Crippen LogP contribution is -1.88. The molecule has 1 aromatic carbocycles. The Kier molecular flexibility index (Phi) is 3.43. The second-order valence-electron chi connectivity index (χ2n) is 4.06. The minimum absolute atomic E-state index is 0.749. The normalized spacial score (nSPS) is 10.8. The number of thioether (sulfide) groups is 1. The Hall–Kier alpha value is -1.42. The van der Waals surface area contributed by atoms with E-state index in [0.717, 1.165) is 28.8 Å². The fourth-order valence-corrected chi connectivity index (χ4v) is 2.43. The molecule has 4 heteroatoms. The van der Waals surface area contributed by atoms with Crippen LogP contribution < -0.4 is 5.73 Å². The molecule has 0 unspecified atom stereocenters. The van der Waals surface area contributed by atoms with Crippen molar-refractivity contribution in [3.63, 3.8) is 0 Å². The largest absolute Gasteiger partial charge is 0.445 e. The molecule has 0 aliphatic carbocycles. The van der Waals surface area contributed by atoms with Crippen molar-refractivity contribution >= 4 is 17.4 Å². The van der Waals surface area contributed by atoms with Crippen LogP contribution in [0.5, 0.6) is 0 Å². The topological polar surface area (TPSA) is 52.0 Å². The monoisotopic (exact) mass is 248 g/mol. The van der Waals surface area contributed by atoms with E-state index in [0.29, 0.717) is 0 Å². The molecule has 90 valence electrons. The molecule has 2 rings (SSSR count). The van der Waals surface area contributed by atoms with Gasteiger partial charge in [-0.25, -0.2) is 4.98 Å². The summed E-state index contributed by atoms with van der Waals surface area (Å²) in [6.07, 6.45) is 0. The first-order valence-corrected chi connectivity index (χ1v) is 6.46. The van der Waals surface area contributed by atoms with Crippen LogP contribution in [0.2, 0.25) is 0 Å². The van der Waals surface area contributed by atoms with Crippen LogP contribution >= 0.6 is 11.8 Å². The number of benzene rings is 1. The first kappa shape index (κ1) is 12.0. The summed E-state index contributed by atoms with van der Waals surface area (Å²) in [5.41, 5.74) is 8.68. The van der Waals surface area contributed by atoms with Crippen molar-refractivity contribution in [1.29, 1.82) is 0 Å². The van der Waals surface area contributed by atoms with Gasteiger partial charge in [-0.1, -0.05) is 0 Å². The zero-order valence-electron chi connectivity index (χ0n) is 10.3. The molecule has 2 aromatic rings. The van der Waals surface area contributed by atoms with E-state index in [1.807, 2.05) is 32.0 Å². The molecule has 0 spiro atoms. The Bertz CT molecular complexity index is 515. The van der Waals surface area contributed by atoms with Crippen molar-refractivity contribution in [3.8, 4) is 0 Å². The Morgan fingerprint density at radius 2 is 2.06 bits per heavy atom. The summed E-state index contributed by atoms with van der Waals surface area (Å²) in [7, 11) is 0. The van der Waals surface area contributed by atoms with Gasteiger partial charge in [-0.3, -0.25) is 0 Å². The Balaban J connectivity index is 2.07. The zero-order valence-corrected chi connectivity index (χ0v) is 11.1. The molecule has 0 aliphatic rings. The summed E-state index contributed by atoms with van der Waals surface area (Å²) in [5.74, 6) is 2.43. The van der Waals surface area contributed by atoms with Gasteiger partial charge < -0.3 is 10.2 Å². The number of aromatic nitrogens is 1. The van der Waals surface area contributed by atoms with Crippen LogP contribution in [0.1, 0.15) is 22.9 Å². The van der Waals surface area contributed by atoms with Gasteiger partial charge in [0.25, 0.3) is 0 Å². The van der Waals surface area contributed by atoms with E-state index in [1.165, 1.54) is 10.5 Å². The molecule has 17 heavy (non-hydrogen) atoms. The standard InChI is InChI=1S/C13H16N2OS/c1-8-6-11(14)4-5-12(8)17-7-13-15-9(2)10(3)16-13/h4-6H,7,14H2,1-3H3. The van der Waals surface area contributed by atoms with Gasteiger partial charge in [0.15, 0.2) is 0 Å². The molecular formula is C13H16N2OS. The fraction of sp³-hybridized carbons (Fsp3) is 0.308. The van der Waals surface area contributed by atoms with E-state index in [2.05, 4.69) is 11.9 Å². The second-order valence-corrected chi connectivity index (χ2v) is 5.08. The molecule has 3 nitrogen and oxygen atoms in total. The van der Waals surface area contributed by atoms with Crippen LogP contribution in [0.15, 0.2) is 27.5 Å². The summed E-state index contributed by atoms with van der Waals surface area (Å²) in [6, 6.07) is 5.94. The smallest absolute Gasteiger partial charge is 0.204 e. The van der Waals surface area contributed by atoms with Crippen molar-refractivity contribution in [2.45, 2.75) is 31.4 Å². The van der Waals surface area contributed by atoms with Gasteiger partial charge in [0.05, 0.1) is 11.4 Å². The molecule has 0 saturated carbocycles. The van der Waals surface area contributed by atoms with E-state index in [-0.39, 0.29) is 0 Å². The van der Waals surface area contributed by atoms with E-state index in [9.17, 15) is 0 Å². The molecular weight excluding hydrogens is 232 g/mol. The molecule has 0 bridgehead atoms. The van der Waals surface area contributed by atoms with E-state index < -0.39 is 0 Å². The highest BCUT2D eigenvalue weighted by Crippen LogP contribution is 2.27. The maximum atomic E-state index is 5.72. The Morgan fingerprint density at radius 1 is 1.29 bits per heavy atom. The summed E-state index contributed by atoms with van der Waals surface area (Å²) in [5, 5.41) is 0. The van der Waals surface area contributed by atoms with E-state index in [1.54, 1.807) is 11.8 Å². The summed E-state index contributed by atoms with van der Waals surface area (Å²) < 4.78 is 5.54. The number of nitrogens with zero attached hydrogens (tertiary/aromatic N) is 1. The maximum absolute atomic E-state index is 5.72. The summed E-state index contributed by atoms with van der Waals surface area (Å²) in [4.78, 5) is 5.58. The quantitative estimate of drug-likeness (QED) is 0.667. The van der Waals surface area contributed by atoms with Gasteiger partial charge in [-0.05, 0) is 44.5 Å². The number of aryl methyl sites for hydroxylation is 3. The summed E-state index contributed by atoms with van der Waals surface area (Å²) >= 11 is 1.72. The number of anilines is 1. The number of hydrogen-bond donors (Lipinski definition) is 1. The van der Waals surface area contributed by atoms with Crippen molar-refractivity contribution < 1.29 is 4.42 Å². The third-order valence-electron chi connectivity index (χ3n) is 2.62. The third kappa shape index (κ3) is 2.82. The van der Waals surface area contributed by atoms with Gasteiger partial charge in [-0.2, -0.15) is 0 Å². The van der Waals surface area contributed by atoms with Crippen molar-refractivity contribution in [3.05, 3.63) is 41.1 Å². The molecule has 0 fully saturated rings. The Morgan fingerprint density at radius 3 is 2.65 bits per heavy atom. The molecule has 2 N–H and O–H groups in total. The minimum Gasteiger partial charge on any atom is -0.445 e. The summed E-state index contributed by atoms with van der Waals surface area (Å²) in [6.45, 7) is 5.96. The minimum atomic E-state index is 0.749. The molecule has 0 amide bonds. The molecule has 0 aliphatic heterocycles. The molecule has 0 saturated heterocycles. The van der Waals surface area contributed by atoms with Crippen molar-refractivity contribution in [2.24, 2.45) is 0 Å². The average Bonchev–Trinajstić information content (AvgIpc) is 2.57. The first-order valence-electron chi connectivity index (χ1n) is 5.48. The second kappa shape index (κ2) is 4.84. The predicted molar refractivity (Wildman–Crippen MR) is 71.1 cm³/mol. The third-order valence-corrected chi connectivity index (χ3v) is 3.78. The molecule has 0 atom stereocenters. The van der Waals surface area contributed by atoms with Gasteiger partial charge in [-0.15, -0.1) is 11.8 Å². The van der Waals surface area contributed by atoms with Crippen LogP contribution in [-0.2, 0) is 5.75 Å². The highest BCUT2D eigenvalue weighted by Gasteiger charge is 2.07. The first-order chi connectivity index (χ1) is 8.06. The number of hydrogen-bond acceptors (Lipinski definition) is 4. The van der Waals surface area contributed by atoms with E-state index in [4.69, 9.17) is 10.2 Å². The SMILES string of the molecule is Cc1cc(N)ccc1SCc1nc(C)c(C)o1. The van der Waals surface area contributed by atoms with Crippen molar-refractivity contribution in [1.82, 2.24) is 4.98 Å². The number of oxazole rings is 1. The van der Waals surface area contributed by atoms with Gasteiger partial charge in [0.2, 0.25) is 5.89 Å². The van der Waals surface area contributed by atoms with Gasteiger partial charge in [0.1, 0.15) is 5.76 Å². The zero-order chi connectivity index (χ0) is 12.4. The maximum Gasteiger partial charge on any atom is 0.204 e. The highest BCUT2D eigenvalue weighted by molar-refractivity contribution is 7.98. The molecule has 1 heterocycles. The highest BCUT2D eigenvalue weighted by atomic mass is 32.2. The molecule has 0 radical (unpaired) electrons. The lowest BCUT2D eigenvalue weighted by atomic mass is 10.2. The average molecular weight is 248 g/mol. The van der Waals surface area contributed by atoms with Crippen LogP contribution in [0.25, 0.3) is 0 Å².